The molecule has 0 N–H and O–H groups in total. The predicted octanol–water partition coefficient (Wildman–Crippen LogP) is 6.34. The van der Waals surface area contributed by atoms with Crippen molar-refractivity contribution in [3.05, 3.63) is 100.0 Å². The van der Waals surface area contributed by atoms with E-state index in [0.717, 1.165) is 23.3 Å². The molecule has 0 amide bonds. The van der Waals surface area contributed by atoms with Crippen LogP contribution >= 0.6 is 0 Å². The fraction of sp³-hybridized carbons (Fsp3) is 0.115. The number of fused-ring (bicyclic) bond motifs is 1. The maximum Gasteiger partial charge on any atom is 0.416 e. The van der Waals surface area contributed by atoms with E-state index < -0.39 is 11.7 Å². The highest BCUT2D eigenvalue weighted by atomic mass is 19.4. The van der Waals surface area contributed by atoms with Gasteiger partial charge in [0.25, 0.3) is 11.4 Å². The Morgan fingerprint density at radius 2 is 1.65 bits per heavy atom. The van der Waals surface area contributed by atoms with Gasteiger partial charge in [0.1, 0.15) is 0 Å². The van der Waals surface area contributed by atoms with Crippen LogP contribution in [0.2, 0.25) is 0 Å². The summed E-state index contributed by atoms with van der Waals surface area (Å²) < 4.78 is 46.4. The molecule has 0 spiro atoms. The number of hydrogen-bond donors (Lipinski definition) is 0. The van der Waals surface area contributed by atoms with Gasteiger partial charge in [0.05, 0.1) is 11.1 Å². The van der Waals surface area contributed by atoms with Gasteiger partial charge >= 0.3 is 6.18 Å². The Morgan fingerprint density at radius 1 is 0.882 bits per heavy atom. The molecule has 0 aliphatic heterocycles. The molecule has 2 aromatic heterocycles. The Bertz CT molecular complexity index is 1600. The molecule has 34 heavy (non-hydrogen) atoms. The van der Waals surface area contributed by atoms with Crippen LogP contribution in [0, 0.1) is 13.8 Å². The molecule has 170 valence electrons. The van der Waals surface area contributed by atoms with Crippen LogP contribution in [-0.4, -0.2) is 14.7 Å². The first-order valence-corrected chi connectivity index (χ1v) is 10.5. The van der Waals surface area contributed by atoms with Crippen LogP contribution in [0.5, 0.6) is 0 Å². The average molecular weight is 461 g/mol. The van der Waals surface area contributed by atoms with E-state index in [2.05, 4.69) is 10.1 Å². The van der Waals surface area contributed by atoms with Gasteiger partial charge < -0.3 is 4.52 Å². The van der Waals surface area contributed by atoms with Gasteiger partial charge in [-0.15, -0.1) is 0 Å². The molecule has 0 aliphatic rings. The first-order valence-electron chi connectivity index (χ1n) is 10.5. The molecule has 0 saturated heterocycles. The zero-order valence-electron chi connectivity index (χ0n) is 18.2. The van der Waals surface area contributed by atoms with Crippen LogP contribution in [0.25, 0.3) is 39.3 Å². The van der Waals surface area contributed by atoms with Crippen molar-refractivity contribution in [1.82, 2.24) is 14.7 Å². The molecular formula is C26H18F3N3O2. The highest BCUT2D eigenvalue weighted by Gasteiger charge is 2.31. The molecule has 0 atom stereocenters. The van der Waals surface area contributed by atoms with E-state index >= 15 is 0 Å². The first kappa shape index (κ1) is 21.6. The van der Waals surface area contributed by atoms with E-state index in [-0.39, 0.29) is 22.8 Å². The highest BCUT2D eigenvalue weighted by molar-refractivity contribution is 5.94. The third-order valence-electron chi connectivity index (χ3n) is 5.80. The minimum Gasteiger partial charge on any atom is -0.334 e. The molecule has 5 aromatic rings. The van der Waals surface area contributed by atoms with Gasteiger partial charge in [-0.1, -0.05) is 41.6 Å². The standard InChI is InChI=1S/C26H18F3N3O2/c1-15-10-11-19(12-16(15)2)32-14-22(20-8-3-4-9-21(20)25(32)33)24-30-23(31-34-24)17-6-5-7-18(13-17)26(27,28)29/h3-14H,1-2H3. The Balaban J connectivity index is 1.68. The summed E-state index contributed by atoms with van der Waals surface area (Å²) in [6.07, 6.45) is -2.86. The quantitative estimate of drug-likeness (QED) is 0.314. The zero-order valence-corrected chi connectivity index (χ0v) is 18.2. The van der Waals surface area contributed by atoms with Gasteiger partial charge in [0.15, 0.2) is 0 Å². The summed E-state index contributed by atoms with van der Waals surface area (Å²) in [4.78, 5) is 17.6. The van der Waals surface area contributed by atoms with Gasteiger partial charge in [-0.05, 0) is 55.3 Å². The summed E-state index contributed by atoms with van der Waals surface area (Å²) in [5, 5.41) is 4.96. The lowest BCUT2D eigenvalue weighted by atomic mass is 10.1. The summed E-state index contributed by atoms with van der Waals surface area (Å²) in [7, 11) is 0. The van der Waals surface area contributed by atoms with Crippen molar-refractivity contribution < 1.29 is 17.7 Å². The van der Waals surface area contributed by atoms with Crippen molar-refractivity contribution >= 4 is 10.8 Å². The number of nitrogens with zero attached hydrogens (tertiary/aromatic N) is 3. The van der Waals surface area contributed by atoms with Crippen molar-refractivity contribution in [2.45, 2.75) is 20.0 Å². The largest absolute Gasteiger partial charge is 0.416 e. The second kappa shape index (κ2) is 7.98. The molecule has 8 heteroatoms. The Morgan fingerprint density at radius 3 is 2.38 bits per heavy atom. The smallest absolute Gasteiger partial charge is 0.334 e. The van der Waals surface area contributed by atoms with Crippen molar-refractivity contribution in [2.75, 3.05) is 0 Å². The van der Waals surface area contributed by atoms with Gasteiger partial charge in [-0.2, -0.15) is 18.2 Å². The van der Waals surface area contributed by atoms with E-state index in [0.29, 0.717) is 22.0 Å². The third kappa shape index (κ3) is 3.77. The van der Waals surface area contributed by atoms with Gasteiger partial charge in [-0.25, -0.2) is 0 Å². The second-order valence-corrected chi connectivity index (χ2v) is 8.03. The molecule has 5 rings (SSSR count). The molecule has 0 radical (unpaired) electrons. The fourth-order valence-corrected chi connectivity index (χ4v) is 3.81. The van der Waals surface area contributed by atoms with Crippen LogP contribution < -0.4 is 5.56 Å². The maximum absolute atomic E-state index is 13.3. The topological polar surface area (TPSA) is 60.9 Å². The monoisotopic (exact) mass is 461 g/mol. The third-order valence-corrected chi connectivity index (χ3v) is 5.80. The maximum atomic E-state index is 13.3. The molecular weight excluding hydrogens is 443 g/mol. The van der Waals surface area contributed by atoms with Crippen LogP contribution in [0.4, 0.5) is 13.2 Å². The normalized spacial score (nSPS) is 11.8. The van der Waals surface area contributed by atoms with Crippen LogP contribution in [0.1, 0.15) is 16.7 Å². The SMILES string of the molecule is Cc1ccc(-n2cc(-c3nc(-c4cccc(C(F)(F)F)c4)no3)c3ccccc3c2=O)cc1C. The summed E-state index contributed by atoms with van der Waals surface area (Å²) in [6, 6.07) is 17.5. The molecule has 5 nitrogen and oxygen atoms in total. The lowest BCUT2D eigenvalue weighted by molar-refractivity contribution is -0.137. The number of aromatic nitrogens is 3. The Hall–Kier alpha value is -4.20. The summed E-state index contributed by atoms with van der Waals surface area (Å²) >= 11 is 0. The lowest BCUT2D eigenvalue weighted by Gasteiger charge is -2.12. The Labute approximate surface area is 192 Å². The van der Waals surface area contributed by atoms with Crippen molar-refractivity contribution in [2.24, 2.45) is 0 Å². The summed E-state index contributed by atoms with van der Waals surface area (Å²) in [5.41, 5.74) is 2.47. The molecule has 0 saturated carbocycles. The molecule has 0 aliphatic carbocycles. The number of benzene rings is 3. The number of pyridine rings is 1. The number of alkyl halides is 3. The molecule has 0 bridgehead atoms. The van der Waals surface area contributed by atoms with Gasteiger partial charge in [-0.3, -0.25) is 9.36 Å². The number of rotatable bonds is 3. The summed E-state index contributed by atoms with van der Waals surface area (Å²) in [5.74, 6) is 0.121. The van der Waals surface area contributed by atoms with E-state index in [4.69, 9.17) is 4.52 Å². The number of halogens is 3. The highest BCUT2D eigenvalue weighted by Crippen LogP contribution is 2.33. The molecule has 3 aromatic carbocycles. The number of aryl methyl sites for hydroxylation is 2. The van der Waals surface area contributed by atoms with Crippen LogP contribution in [0.3, 0.4) is 0 Å². The van der Waals surface area contributed by atoms with Crippen molar-refractivity contribution in [3.63, 3.8) is 0 Å². The van der Waals surface area contributed by atoms with E-state index in [1.54, 1.807) is 30.5 Å². The van der Waals surface area contributed by atoms with Gasteiger partial charge in [0.2, 0.25) is 5.82 Å². The first-order chi connectivity index (χ1) is 16.2. The van der Waals surface area contributed by atoms with Crippen LogP contribution in [0.15, 0.2) is 82.2 Å². The van der Waals surface area contributed by atoms with E-state index in [9.17, 15) is 18.0 Å². The van der Waals surface area contributed by atoms with Gasteiger partial charge in [0, 0.05) is 28.2 Å². The molecule has 2 heterocycles. The van der Waals surface area contributed by atoms with Crippen molar-refractivity contribution in [1.29, 1.82) is 0 Å². The molecule has 0 unspecified atom stereocenters. The average Bonchev–Trinajstić information content (AvgIpc) is 3.31. The van der Waals surface area contributed by atoms with E-state index in [1.807, 2.05) is 32.0 Å². The summed E-state index contributed by atoms with van der Waals surface area (Å²) in [6.45, 7) is 3.95. The fourth-order valence-electron chi connectivity index (χ4n) is 3.81. The minimum absolute atomic E-state index is 0.0223. The zero-order chi connectivity index (χ0) is 24.0. The minimum atomic E-state index is -4.49. The predicted molar refractivity (Wildman–Crippen MR) is 123 cm³/mol. The lowest BCUT2D eigenvalue weighted by Crippen LogP contribution is -2.18. The van der Waals surface area contributed by atoms with Crippen LogP contribution in [-0.2, 0) is 6.18 Å². The number of hydrogen-bond acceptors (Lipinski definition) is 4. The Kier molecular flexibility index (Phi) is 5.08. The van der Waals surface area contributed by atoms with Crippen molar-refractivity contribution in [3.8, 4) is 28.5 Å². The van der Waals surface area contributed by atoms with E-state index in [1.165, 1.54) is 16.7 Å². The molecule has 0 fully saturated rings. The second-order valence-electron chi connectivity index (χ2n) is 8.03.